The lowest BCUT2D eigenvalue weighted by atomic mass is 10.1. The van der Waals surface area contributed by atoms with Crippen molar-refractivity contribution in [3.8, 4) is 0 Å². The van der Waals surface area contributed by atoms with Gasteiger partial charge in [-0.2, -0.15) is 13.2 Å². The first kappa shape index (κ1) is 10.6. The number of rotatable bonds is 1. The van der Waals surface area contributed by atoms with Gasteiger partial charge in [-0.25, -0.2) is 0 Å². The zero-order chi connectivity index (χ0) is 11.8. The van der Waals surface area contributed by atoms with Gasteiger partial charge in [-0.15, -0.1) is 0 Å². The molecule has 0 aliphatic rings. The Bertz CT molecular complexity index is 548. The molecule has 2 rings (SSSR count). The molecule has 1 aromatic carbocycles. The SMILES string of the molecule is O=Cc1ccc2ncc(C(F)(F)F)cc2c1. The van der Waals surface area contributed by atoms with Crippen LogP contribution in [0.15, 0.2) is 30.5 Å². The maximum absolute atomic E-state index is 12.4. The molecule has 0 aliphatic carbocycles. The topological polar surface area (TPSA) is 30.0 Å². The number of hydrogen-bond acceptors (Lipinski definition) is 2. The fourth-order valence-electron chi connectivity index (χ4n) is 1.38. The molecule has 0 atom stereocenters. The smallest absolute Gasteiger partial charge is 0.298 e. The third-order valence-electron chi connectivity index (χ3n) is 2.17. The Morgan fingerprint density at radius 1 is 1.19 bits per heavy atom. The van der Waals surface area contributed by atoms with E-state index in [1.54, 1.807) is 0 Å². The molecule has 82 valence electrons. The Kier molecular flexibility index (Phi) is 2.38. The van der Waals surface area contributed by atoms with Crippen molar-refractivity contribution in [2.75, 3.05) is 0 Å². The van der Waals surface area contributed by atoms with Crippen molar-refractivity contribution in [2.45, 2.75) is 6.18 Å². The quantitative estimate of drug-likeness (QED) is 0.698. The van der Waals surface area contributed by atoms with Crippen molar-refractivity contribution >= 4 is 17.2 Å². The molecule has 0 aliphatic heterocycles. The molecule has 0 radical (unpaired) electrons. The second kappa shape index (κ2) is 3.59. The van der Waals surface area contributed by atoms with Crippen molar-refractivity contribution in [3.63, 3.8) is 0 Å². The number of carbonyl (C=O) groups excluding carboxylic acids is 1. The van der Waals surface area contributed by atoms with Gasteiger partial charge in [0.1, 0.15) is 6.29 Å². The molecular weight excluding hydrogens is 219 g/mol. The molecule has 0 bridgehead atoms. The van der Waals surface area contributed by atoms with E-state index in [2.05, 4.69) is 4.98 Å². The summed E-state index contributed by atoms with van der Waals surface area (Å²) in [6.45, 7) is 0. The Balaban J connectivity index is 2.64. The first-order chi connectivity index (χ1) is 7.50. The molecule has 0 amide bonds. The second-order valence-electron chi connectivity index (χ2n) is 3.29. The van der Waals surface area contributed by atoms with E-state index in [1.165, 1.54) is 18.2 Å². The van der Waals surface area contributed by atoms with Gasteiger partial charge < -0.3 is 0 Å². The lowest BCUT2D eigenvalue weighted by Gasteiger charge is -2.06. The van der Waals surface area contributed by atoms with Gasteiger partial charge in [0.05, 0.1) is 11.1 Å². The summed E-state index contributed by atoms with van der Waals surface area (Å²) in [6, 6.07) is 5.38. The Morgan fingerprint density at radius 2 is 1.94 bits per heavy atom. The van der Waals surface area contributed by atoms with Crippen LogP contribution >= 0.6 is 0 Å². The number of nitrogens with zero attached hydrogens (tertiary/aromatic N) is 1. The molecule has 0 fully saturated rings. The van der Waals surface area contributed by atoms with E-state index in [0.29, 0.717) is 22.8 Å². The maximum atomic E-state index is 12.4. The molecule has 0 N–H and O–H groups in total. The summed E-state index contributed by atoms with van der Waals surface area (Å²) in [5.41, 5.74) is -0.0599. The highest BCUT2D eigenvalue weighted by atomic mass is 19.4. The number of carbonyl (C=O) groups is 1. The monoisotopic (exact) mass is 225 g/mol. The Morgan fingerprint density at radius 3 is 2.56 bits per heavy atom. The molecule has 0 saturated carbocycles. The van der Waals surface area contributed by atoms with Crippen LogP contribution in [-0.4, -0.2) is 11.3 Å². The summed E-state index contributed by atoms with van der Waals surface area (Å²) in [5.74, 6) is 0. The predicted octanol–water partition coefficient (Wildman–Crippen LogP) is 3.07. The van der Waals surface area contributed by atoms with Gasteiger partial charge in [0, 0.05) is 17.1 Å². The van der Waals surface area contributed by atoms with E-state index in [4.69, 9.17) is 0 Å². The van der Waals surface area contributed by atoms with Crippen LogP contribution in [0.25, 0.3) is 10.9 Å². The van der Waals surface area contributed by atoms with Crippen molar-refractivity contribution < 1.29 is 18.0 Å². The highest BCUT2D eigenvalue weighted by Gasteiger charge is 2.30. The summed E-state index contributed by atoms with van der Waals surface area (Å²) < 4.78 is 37.2. The number of pyridine rings is 1. The van der Waals surface area contributed by atoms with E-state index >= 15 is 0 Å². The Hall–Kier alpha value is -1.91. The minimum absolute atomic E-state index is 0.305. The molecule has 5 heteroatoms. The van der Waals surface area contributed by atoms with Crippen molar-refractivity contribution in [2.24, 2.45) is 0 Å². The van der Waals surface area contributed by atoms with E-state index in [-0.39, 0.29) is 0 Å². The predicted molar refractivity (Wildman–Crippen MR) is 52.1 cm³/mol. The van der Waals surface area contributed by atoms with Gasteiger partial charge in [0.25, 0.3) is 0 Å². The largest absolute Gasteiger partial charge is 0.417 e. The first-order valence-electron chi connectivity index (χ1n) is 4.43. The zero-order valence-electron chi connectivity index (χ0n) is 7.95. The van der Waals surface area contributed by atoms with Gasteiger partial charge in [-0.3, -0.25) is 9.78 Å². The van der Waals surface area contributed by atoms with Crippen LogP contribution < -0.4 is 0 Å². The van der Waals surface area contributed by atoms with Crippen molar-refractivity contribution in [1.29, 1.82) is 0 Å². The van der Waals surface area contributed by atoms with Crippen LogP contribution in [0.3, 0.4) is 0 Å². The summed E-state index contributed by atoms with van der Waals surface area (Å²) in [4.78, 5) is 14.2. The summed E-state index contributed by atoms with van der Waals surface area (Å²) in [7, 11) is 0. The lowest BCUT2D eigenvalue weighted by Crippen LogP contribution is -2.05. The standard InChI is InChI=1S/C11H6F3NO/c12-11(13,14)9-4-8-3-7(6-16)1-2-10(8)15-5-9/h1-6H. The summed E-state index contributed by atoms with van der Waals surface area (Å²) in [6.07, 6.45) is -3.05. The number of fused-ring (bicyclic) bond motifs is 1. The summed E-state index contributed by atoms with van der Waals surface area (Å²) >= 11 is 0. The van der Waals surface area contributed by atoms with Gasteiger partial charge in [-0.1, -0.05) is 0 Å². The van der Waals surface area contributed by atoms with Crippen LogP contribution in [0.1, 0.15) is 15.9 Å². The van der Waals surface area contributed by atoms with Crippen molar-refractivity contribution in [1.82, 2.24) is 4.98 Å². The minimum Gasteiger partial charge on any atom is -0.298 e. The third kappa shape index (κ3) is 1.88. The number of hydrogen-bond donors (Lipinski definition) is 0. The van der Waals surface area contributed by atoms with E-state index in [0.717, 1.165) is 12.3 Å². The number of alkyl halides is 3. The van der Waals surface area contributed by atoms with Crippen LogP contribution in [-0.2, 0) is 6.18 Å². The van der Waals surface area contributed by atoms with Gasteiger partial charge in [-0.05, 0) is 24.3 Å². The molecule has 0 unspecified atom stereocenters. The van der Waals surface area contributed by atoms with Crippen molar-refractivity contribution in [3.05, 3.63) is 41.6 Å². The highest BCUT2D eigenvalue weighted by molar-refractivity contribution is 5.86. The molecule has 16 heavy (non-hydrogen) atoms. The fraction of sp³-hybridized carbons (Fsp3) is 0.0909. The number of halogens is 3. The molecule has 2 aromatic rings. The van der Waals surface area contributed by atoms with E-state index in [1.807, 2.05) is 0 Å². The molecular formula is C11H6F3NO. The fourth-order valence-corrected chi connectivity index (χ4v) is 1.38. The zero-order valence-corrected chi connectivity index (χ0v) is 7.95. The van der Waals surface area contributed by atoms with E-state index in [9.17, 15) is 18.0 Å². The first-order valence-corrected chi connectivity index (χ1v) is 4.43. The highest BCUT2D eigenvalue weighted by Crippen LogP contribution is 2.30. The molecule has 0 saturated heterocycles. The molecule has 2 nitrogen and oxygen atoms in total. The Labute approximate surface area is 88.7 Å². The van der Waals surface area contributed by atoms with Gasteiger partial charge in [0.2, 0.25) is 0 Å². The van der Waals surface area contributed by atoms with Crippen LogP contribution in [0.4, 0.5) is 13.2 Å². The third-order valence-corrected chi connectivity index (χ3v) is 2.17. The molecule has 0 spiro atoms. The number of aldehydes is 1. The van der Waals surface area contributed by atoms with E-state index < -0.39 is 11.7 Å². The summed E-state index contributed by atoms with van der Waals surface area (Å²) in [5, 5.41) is 0.305. The number of aromatic nitrogens is 1. The van der Waals surface area contributed by atoms with Crippen LogP contribution in [0.2, 0.25) is 0 Å². The van der Waals surface area contributed by atoms with Gasteiger partial charge in [0.15, 0.2) is 0 Å². The van der Waals surface area contributed by atoms with Crippen LogP contribution in [0, 0.1) is 0 Å². The number of benzene rings is 1. The average Bonchev–Trinajstić information content (AvgIpc) is 2.26. The molecule has 1 aromatic heterocycles. The van der Waals surface area contributed by atoms with Crippen LogP contribution in [0.5, 0.6) is 0 Å². The lowest BCUT2D eigenvalue weighted by molar-refractivity contribution is -0.137. The maximum Gasteiger partial charge on any atom is 0.417 e. The molecule has 1 heterocycles. The average molecular weight is 225 g/mol. The second-order valence-corrected chi connectivity index (χ2v) is 3.29. The normalized spacial score (nSPS) is 11.7. The minimum atomic E-state index is -4.42. The van der Waals surface area contributed by atoms with Gasteiger partial charge >= 0.3 is 6.18 Å².